The summed E-state index contributed by atoms with van der Waals surface area (Å²) in [6, 6.07) is 8.71. The van der Waals surface area contributed by atoms with Gasteiger partial charge in [0.1, 0.15) is 0 Å². The van der Waals surface area contributed by atoms with E-state index in [1.807, 2.05) is 6.07 Å². The largest absolute Gasteiger partial charge is 0.350 e. The van der Waals surface area contributed by atoms with Gasteiger partial charge in [0.15, 0.2) is 6.29 Å². The first-order valence-corrected chi connectivity index (χ1v) is 6.65. The quantitative estimate of drug-likeness (QED) is 0.788. The highest BCUT2D eigenvalue weighted by Gasteiger charge is 2.15. The molecule has 1 heterocycles. The van der Waals surface area contributed by atoms with Crippen LogP contribution in [0.1, 0.15) is 29.6 Å². The number of carbonyl (C=O) groups is 2. The number of hydrogen-bond donors (Lipinski definition) is 2. The van der Waals surface area contributed by atoms with Crippen LogP contribution in [0.5, 0.6) is 0 Å². The molecule has 0 spiro atoms. The van der Waals surface area contributed by atoms with Crippen LogP contribution in [0.3, 0.4) is 0 Å². The van der Waals surface area contributed by atoms with Crippen molar-refractivity contribution in [3.63, 3.8) is 0 Å². The second-order valence-electron chi connectivity index (χ2n) is 4.49. The summed E-state index contributed by atoms with van der Waals surface area (Å²) in [5, 5.41) is 2.51. The van der Waals surface area contributed by atoms with Crippen LogP contribution in [0.15, 0.2) is 30.3 Å². The Labute approximate surface area is 117 Å². The summed E-state index contributed by atoms with van der Waals surface area (Å²) in [5.41, 5.74) is 2.79. The summed E-state index contributed by atoms with van der Waals surface area (Å²) in [6.07, 6.45) is 2.40. The van der Waals surface area contributed by atoms with Gasteiger partial charge in [0.25, 0.3) is 11.8 Å². The van der Waals surface area contributed by atoms with Crippen LogP contribution in [0.25, 0.3) is 0 Å². The normalized spacial score (nSPS) is 18.3. The van der Waals surface area contributed by atoms with Crippen molar-refractivity contribution in [2.45, 2.75) is 25.6 Å². The molecule has 108 valence electrons. The molecule has 0 radical (unpaired) electrons. The lowest BCUT2D eigenvalue weighted by Crippen LogP contribution is -2.39. The van der Waals surface area contributed by atoms with Gasteiger partial charge in [-0.05, 0) is 25.0 Å². The lowest BCUT2D eigenvalue weighted by molar-refractivity contribution is -0.200. The molecule has 1 saturated heterocycles. The Kier molecular flexibility index (Phi) is 5.52. The lowest BCUT2D eigenvalue weighted by Gasteiger charge is -2.22. The van der Waals surface area contributed by atoms with Gasteiger partial charge >= 0.3 is 0 Å². The van der Waals surface area contributed by atoms with E-state index >= 15 is 0 Å². The maximum absolute atomic E-state index is 11.7. The molecule has 1 aliphatic heterocycles. The molecule has 1 aromatic rings. The molecule has 1 atom stereocenters. The smallest absolute Gasteiger partial charge is 0.263 e. The Bertz CT molecular complexity index is 444. The fourth-order valence-electron chi connectivity index (χ4n) is 1.82. The third-order valence-electron chi connectivity index (χ3n) is 2.89. The van der Waals surface area contributed by atoms with Crippen molar-refractivity contribution in [3.8, 4) is 0 Å². The zero-order chi connectivity index (χ0) is 14.2. The Morgan fingerprint density at radius 2 is 2.05 bits per heavy atom. The van der Waals surface area contributed by atoms with Crippen LogP contribution in [0, 0.1) is 0 Å². The molecule has 1 fully saturated rings. The minimum Gasteiger partial charge on any atom is -0.350 e. The second-order valence-corrected chi connectivity index (χ2v) is 4.49. The van der Waals surface area contributed by atoms with Gasteiger partial charge in [0.05, 0.1) is 6.54 Å². The maximum Gasteiger partial charge on any atom is 0.263 e. The number of nitrogens with one attached hydrogen (secondary N) is 2. The molecule has 2 N–H and O–H groups in total. The average Bonchev–Trinajstić information content (AvgIpc) is 2.52. The number of amides is 2. The summed E-state index contributed by atoms with van der Waals surface area (Å²) in [6.45, 7) is 0.506. The molecule has 1 aromatic carbocycles. The molecule has 0 aliphatic carbocycles. The van der Waals surface area contributed by atoms with Crippen LogP contribution in [-0.2, 0) is 14.4 Å². The predicted molar refractivity (Wildman–Crippen MR) is 71.6 cm³/mol. The van der Waals surface area contributed by atoms with E-state index < -0.39 is 12.2 Å². The molecule has 0 aromatic heterocycles. The maximum atomic E-state index is 11.7. The van der Waals surface area contributed by atoms with Gasteiger partial charge in [-0.3, -0.25) is 9.59 Å². The Morgan fingerprint density at radius 3 is 2.75 bits per heavy atom. The van der Waals surface area contributed by atoms with E-state index in [0.29, 0.717) is 12.2 Å². The molecular weight excluding hydrogens is 260 g/mol. The van der Waals surface area contributed by atoms with Crippen molar-refractivity contribution >= 4 is 11.8 Å². The summed E-state index contributed by atoms with van der Waals surface area (Å²) >= 11 is 0. The topological polar surface area (TPSA) is 76.7 Å². The van der Waals surface area contributed by atoms with Gasteiger partial charge in [-0.2, -0.15) is 0 Å². The molecule has 20 heavy (non-hydrogen) atoms. The van der Waals surface area contributed by atoms with Crippen molar-refractivity contribution in [3.05, 3.63) is 35.9 Å². The van der Waals surface area contributed by atoms with Crippen LogP contribution < -0.4 is 10.8 Å². The van der Waals surface area contributed by atoms with Gasteiger partial charge < -0.3 is 10.1 Å². The van der Waals surface area contributed by atoms with Crippen molar-refractivity contribution in [2.75, 3.05) is 13.2 Å². The fourth-order valence-corrected chi connectivity index (χ4v) is 1.82. The summed E-state index contributed by atoms with van der Waals surface area (Å²) in [7, 11) is 0. The number of rotatable bonds is 5. The minimum atomic E-state index is -0.413. The van der Waals surface area contributed by atoms with Gasteiger partial charge in [0, 0.05) is 18.6 Å². The number of ether oxygens (including phenoxy) is 1. The van der Waals surface area contributed by atoms with Crippen molar-refractivity contribution < 1.29 is 19.2 Å². The van der Waals surface area contributed by atoms with Crippen LogP contribution in [0.2, 0.25) is 0 Å². The van der Waals surface area contributed by atoms with E-state index in [2.05, 4.69) is 10.8 Å². The summed E-state index contributed by atoms with van der Waals surface area (Å²) in [5.74, 6) is -0.710. The molecular formula is C14H18N2O4. The van der Waals surface area contributed by atoms with Crippen molar-refractivity contribution in [1.29, 1.82) is 0 Å². The molecule has 1 unspecified atom stereocenters. The van der Waals surface area contributed by atoms with Gasteiger partial charge in [0.2, 0.25) is 0 Å². The zero-order valence-electron chi connectivity index (χ0n) is 11.1. The van der Waals surface area contributed by atoms with Crippen LogP contribution in [-0.4, -0.2) is 31.3 Å². The summed E-state index contributed by atoms with van der Waals surface area (Å²) in [4.78, 5) is 28.3. The van der Waals surface area contributed by atoms with E-state index in [9.17, 15) is 9.59 Å². The second kappa shape index (κ2) is 7.62. The molecule has 6 nitrogen and oxygen atoms in total. The molecule has 2 rings (SSSR count). The fraction of sp³-hybridized carbons (Fsp3) is 0.429. The van der Waals surface area contributed by atoms with E-state index in [-0.39, 0.29) is 12.5 Å². The number of hydrogen-bond acceptors (Lipinski definition) is 4. The molecule has 6 heteroatoms. The van der Waals surface area contributed by atoms with Gasteiger partial charge in [-0.1, -0.05) is 18.2 Å². The Morgan fingerprint density at radius 1 is 1.25 bits per heavy atom. The lowest BCUT2D eigenvalue weighted by atomic mass is 10.2. The highest BCUT2D eigenvalue weighted by Crippen LogP contribution is 2.12. The number of carbonyl (C=O) groups excluding carboxylic acids is 2. The van der Waals surface area contributed by atoms with E-state index in [4.69, 9.17) is 9.57 Å². The molecule has 0 saturated carbocycles. The van der Waals surface area contributed by atoms with Crippen LogP contribution in [0.4, 0.5) is 0 Å². The predicted octanol–water partition coefficient (Wildman–Crippen LogP) is 0.991. The average molecular weight is 278 g/mol. The van der Waals surface area contributed by atoms with Gasteiger partial charge in [-0.15, -0.1) is 0 Å². The van der Waals surface area contributed by atoms with E-state index in [1.54, 1.807) is 24.3 Å². The minimum absolute atomic E-state index is 0.138. The van der Waals surface area contributed by atoms with E-state index in [1.165, 1.54) is 0 Å². The SMILES string of the molecule is O=C(CNC(=O)c1ccccc1)NOC1CCCCO1. The van der Waals surface area contributed by atoms with Crippen molar-refractivity contribution in [1.82, 2.24) is 10.8 Å². The highest BCUT2D eigenvalue weighted by atomic mass is 16.8. The Balaban J connectivity index is 1.66. The van der Waals surface area contributed by atoms with E-state index in [0.717, 1.165) is 19.3 Å². The first-order chi connectivity index (χ1) is 9.75. The number of hydroxylamine groups is 1. The van der Waals surface area contributed by atoms with Crippen molar-refractivity contribution in [2.24, 2.45) is 0 Å². The first kappa shape index (κ1) is 14.5. The highest BCUT2D eigenvalue weighted by molar-refractivity contribution is 5.96. The van der Waals surface area contributed by atoms with Crippen LogP contribution >= 0.6 is 0 Å². The summed E-state index contributed by atoms with van der Waals surface area (Å²) < 4.78 is 5.30. The Hall–Kier alpha value is -1.92. The molecule has 0 bridgehead atoms. The first-order valence-electron chi connectivity index (χ1n) is 6.65. The third-order valence-corrected chi connectivity index (χ3v) is 2.89. The number of benzene rings is 1. The van der Waals surface area contributed by atoms with Gasteiger partial charge in [-0.25, -0.2) is 10.3 Å². The molecule has 2 amide bonds. The molecule has 1 aliphatic rings. The third kappa shape index (κ3) is 4.64. The zero-order valence-corrected chi connectivity index (χ0v) is 11.1. The monoisotopic (exact) mass is 278 g/mol. The standard InChI is InChI=1S/C14H18N2O4/c17-12(16-20-13-8-4-5-9-19-13)10-15-14(18)11-6-2-1-3-7-11/h1-3,6-7,13H,4-5,8-10H2,(H,15,18)(H,16,17).